The van der Waals surface area contributed by atoms with Gasteiger partial charge in [0.05, 0.1) is 0 Å². The van der Waals surface area contributed by atoms with E-state index < -0.39 is 35.0 Å². The number of aliphatic hydroxyl groups is 1. The van der Waals surface area contributed by atoms with Crippen molar-refractivity contribution in [2.45, 2.75) is 104 Å². The fourth-order valence-electron chi connectivity index (χ4n) is 3.15. The highest BCUT2D eigenvalue weighted by Gasteiger charge is 2.34. The van der Waals surface area contributed by atoms with E-state index in [4.69, 9.17) is 10.2 Å². The van der Waals surface area contributed by atoms with Crippen molar-refractivity contribution in [1.29, 1.82) is 0 Å². The zero-order valence-electron chi connectivity index (χ0n) is 16.8. The summed E-state index contributed by atoms with van der Waals surface area (Å²) in [6.07, 6.45) is 6.19. The molecule has 0 aliphatic carbocycles. The number of unbranched alkanes of at least 4 members (excludes halogenated alkanes) is 7. The predicted molar refractivity (Wildman–Crippen MR) is 99.9 cm³/mol. The lowest BCUT2D eigenvalue weighted by atomic mass is 9.81. The lowest BCUT2D eigenvalue weighted by molar-refractivity contribution is -0.153. The van der Waals surface area contributed by atoms with Gasteiger partial charge in [0.1, 0.15) is 0 Å². The van der Waals surface area contributed by atoms with Gasteiger partial charge in [0.15, 0.2) is 6.10 Å². The molecule has 0 spiro atoms. The van der Waals surface area contributed by atoms with Crippen molar-refractivity contribution in [2.75, 3.05) is 0 Å². The van der Waals surface area contributed by atoms with Crippen LogP contribution in [0.4, 0.5) is 4.39 Å². The van der Waals surface area contributed by atoms with Gasteiger partial charge in [0.2, 0.25) is 6.17 Å². The van der Waals surface area contributed by atoms with E-state index >= 15 is 0 Å². The van der Waals surface area contributed by atoms with Crippen LogP contribution in [0.5, 0.6) is 0 Å². The molecule has 2 atom stereocenters. The van der Waals surface area contributed by atoms with E-state index in [0.717, 1.165) is 51.4 Å². The summed E-state index contributed by atoms with van der Waals surface area (Å²) < 4.78 is 13.6. The number of aliphatic hydroxyl groups excluding tert-OH is 1. The first kappa shape index (κ1) is 24.8. The molecule has 0 fully saturated rings. The largest absolute Gasteiger partial charge is 0.479 e. The Hall–Kier alpha value is -1.17. The fraction of sp³-hybridized carbons (Fsp3) is 0.900. The molecule has 5 nitrogen and oxygen atoms in total. The summed E-state index contributed by atoms with van der Waals surface area (Å²) in [5.74, 6) is -2.55. The zero-order valence-corrected chi connectivity index (χ0v) is 16.8. The molecule has 0 saturated heterocycles. The summed E-state index contributed by atoms with van der Waals surface area (Å²) in [7, 11) is 0. The summed E-state index contributed by atoms with van der Waals surface area (Å²) in [6, 6.07) is 0. The van der Waals surface area contributed by atoms with Crippen LogP contribution in [0.3, 0.4) is 0 Å². The molecule has 0 aromatic rings. The highest BCUT2D eigenvalue weighted by atomic mass is 19.1. The second kappa shape index (κ2) is 11.5. The Labute approximate surface area is 157 Å². The predicted octanol–water partition coefficient (Wildman–Crippen LogP) is 4.81. The number of hydrogen-bond acceptors (Lipinski definition) is 3. The molecular formula is C20H37FO5. The maximum absolute atomic E-state index is 13.6. The van der Waals surface area contributed by atoms with E-state index in [-0.39, 0.29) is 0 Å². The maximum Gasteiger partial charge on any atom is 0.338 e. The number of carboxylic acid groups (broad SMARTS) is 2. The van der Waals surface area contributed by atoms with Gasteiger partial charge in [-0.1, -0.05) is 79.1 Å². The Balaban J connectivity index is 3.69. The molecule has 0 aromatic heterocycles. The van der Waals surface area contributed by atoms with Crippen molar-refractivity contribution in [3.63, 3.8) is 0 Å². The molecular weight excluding hydrogens is 339 g/mol. The van der Waals surface area contributed by atoms with Gasteiger partial charge in [0.25, 0.3) is 0 Å². The van der Waals surface area contributed by atoms with E-state index in [1.165, 1.54) is 0 Å². The summed E-state index contributed by atoms with van der Waals surface area (Å²) in [5.41, 5.74) is -1.43. The van der Waals surface area contributed by atoms with Gasteiger partial charge in [-0.2, -0.15) is 0 Å². The van der Waals surface area contributed by atoms with Crippen LogP contribution in [0.25, 0.3) is 0 Å². The zero-order chi connectivity index (χ0) is 20.4. The highest BCUT2D eigenvalue weighted by Crippen LogP contribution is 2.31. The number of carboxylic acids is 2. The van der Waals surface area contributed by atoms with Crippen LogP contribution in [0.2, 0.25) is 0 Å². The molecule has 0 heterocycles. The number of aliphatic carboxylic acids is 2. The molecule has 0 aliphatic rings. The topological polar surface area (TPSA) is 94.8 Å². The number of hydrogen-bond donors (Lipinski definition) is 3. The highest BCUT2D eigenvalue weighted by molar-refractivity contribution is 5.73. The van der Waals surface area contributed by atoms with Gasteiger partial charge in [0, 0.05) is 10.8 Å². The molecule has 0 saturated carbocycles. The number of rotatable bonds is 15. The van der Waals surface area contributed by atoms with Crippen molar-refractivity contribution < 1.29 is 29.3 Å². The molecule has 0 bridgehead atoms. The van der Waals surface area contributed by atoms with Crippen LogP contribution < -0.4 is 0 Å². The Morgan fingerprint density at radius 1 is 0.731 bits per heavy atom. The van der Waals surface area contributed by atoms with Crippen molar-refractivity contribution in [1.82, 2.24) is 0 Å². The molecule has 0 amide bonds. The number of carbonyl (C=O) groups is 2. The lowest BCUT2D eigenvalue weighted by Gasteiger charge is -2.27. The van der Waals surface area contributed by atoms with Crippen LogP contribution in [0.15, 0.2) is 0 Å². The second-order valence-corrected chi connectivity index (χ2v) is 8.75. The van der Waals surface area contributed by atoms with Crippen molar-refractivity contribution in [2.24, 2.45) is 10.8 Å². The van der Waals surface area contributed by atoms with Crippen LogP contribution >= 0.6 is 0 Å². The van der Waals surface area contributed by atoms with E-state index in [0.29, 0.717) is 12.8 Å². The average molecular weight is 377 g/mol. The van der Waals surface area contributed by atoms with Gasteiger partial charge >= 0.3 is 11.9 Å². The van der Waals surface area contributed by atoms with Crippen molar-refractivity contribution in [3.8, 4) is 0 Å². The van der Waals surface area contributed by atoms with E-state index in [2.05, 4.69) is 0 Å². The quantitative estimate of drug-likeness (QED) is 0.357. The minimum atomic E-state index is -1.81. The van der Waals surface area contributed by atoms with Crippen LogP contribution in [-0.4, -0.2) is 39.5 Å². The first-order valence-corrected chi connectivity index (χ1v) is 9.69. The number of halogens is 1. The van der Waals surface area contributed by atoms with Crippen molar-refractivity contribution in [3.05, 3.63) is 0 Å². The molecule has 154 valence electrons. The van der Waals surface area contributed by atoms with E-state index in [9.17, 15) is 19.1 Å². The van der Waals surface area contributed by atoms with Crippen LogP contribution in [0.1, 0.15) is 91.9 Å². The lowest BCUT2D eigenvalue weighted by Crippen LogP contribution is -2.36. The van der Waals surface area contributed by atoms with Gasteiger partial charge < -0.3 is 15.3 Å². The molecule has 26 heavy (non-hydrogen) atoms. The molecule has 0 rings (SSSR count). The van der Waals surface area contributed by atoms with Gasteiger partial charge in [-0.15, -0.1) is 0 Å². The minimum Gasteiger partial charge on any atom is -0.479 e. The molecule has 0 unspecified atom stereocenters. The molecule has 0 aliphatic heterocycles. The Morgan fingerprint density at radius 3 is 1.42 bits per heavy atom. The third-order valence-corrected chi connectivity index (χ3v) is 5.27. The minimum absolute atomic E-state index is 0.571. The molecule has 0 radical (unpaired) electrons. The van der Waals surface area contributed by atoms with Gasteiger partial charge in [-0.05, 0) is 12.8 Å². The second-order valence-electron chi connectivity index (χ2n) is 8.75. The monoisotopic (exact) mass is 376 g/mol. The standard InChI is InChI=1S/C20H37FO5/c1-19(2,15(21)17(23)24)13-11-9-7-5-6-8-10-12-14-20(3,4)16(22)18(25)26/h15-16,22H,5-14H2,1-4H3,(H,23,24)(H,25,26)/t15-,16-/m0/s1. The Morgan fingerprint density at radius 2 is 1.08 bits per heavy atom. The smallest absolute Gasteiger partial charge is 0.338 e. The summed E-state index contributed by atoms with van der Waals surface area (Å²) in [5, 5.41) is 27.3. The normalized spacial score (nSPS) is 14.8. The maximum atomic E-state index is 13.6. The Bertz CT molecular complexity index is 394. The molecule has 0 aromatic carbocycles. The first-order valence-electron chi connectivity index (χ1n) is 9.69. The Kier molecular flexibility index (Phi) is 11.0. The third-order valence-electron chi connectivity index (χ3n) is 5.27. The van der Waals surface area contributed by atoms with Crippen LogP contribution in [-0.2, 0) is 9.59 Å². The number of alkyl halides is 1. The SMILES string of the molecule is CC(C)(CCCCCCCCCCC(C)(C)[C@@H](F)C(=O)O)[C@@H](O)C(=O)O. The van der Waals surface area contributed by atoms with Crippen molar-refractivity contribution >= 4 is 11.9 Å². The fourth-order valence-corrected chi connectivity index (χ4v) is 3.15. The molecule has 6 heteroatoms. The average Bonchev–Trinajstić information content (AvgIpc) is 2.54. The van der Waals surface area contributed by atoms with Crippen LogP contribution in [0, 0.1) is 10.8 Å². The van der Waals surface area contributed by atoms with E-state index in [1.807, 2.05) is 0 Å². The van der Waals surface area contributed by atoms with Gasteiger partial charge in [-0.25, -0.2) is 14.0 Å². The summed E-state index contributed by atoms with van der Waals surface area (Å²) in [6.45, 7) is 6.88. The third kappa shape index (κ3) is 9.51. The molecule has 3 N–H and O–H groups in total. The first-order chi connectivity index (χ1) is 11.9. The van der Waals surface area contributed by atoms with E-state index in [1.54, 1.807) is 27.7 Å². The van der Waals surface area contributed by atoms with Gasteiger partial charge in [-0.3, -0.25) is 0 Å². The summed E-state index contributed by atoms with van der Waals surface area (Å²) >= 11 is 0. The summed E-state index contributed by atoms with van der Waals surface area (Å²) in [4.78, 5) is 21.6.